The molecule has 26 heavy (non-hydrogen) atoms. The van der Waals surface area contributed by atoms with Gasteiger partial charge in [0, 0.05) is 31.6 Å². The summed E-state index contributed by atoms with van der Waals surface area (Å²) in [5.74, 6) is 2.35. The van der Waals surface area contributed by atoms with E-state index in [0.717, 1.165) is 51.1 Å². The molecule has 0 bridgehead atoms. The highest BCUT2D eigenvalue weighted by Gasteiger charge is 2.47. The number of hydrogen-bond donors (Lipinski definition) is 0. The Kier molecular flexibility index (Phi) is 5.21. The Morgan fingerprint density at radius 1 is 1.08 bits per heavy atom. The maximum atomic E-state index is 12.5. The second-order valence-corrected chi connectivity index (χ2v) is 8.54. The average molecular weight is 357 g/mol. The Bertz CT molecular complexity index is 606. The van der Waals surface area contributed by atoms with E-state index < -0.39 is 0 Å². The molecule has 1 aromatic rings. The summed E-state index contributed by atoms with van der Waals surface area (Å²) in [6.45, 7) is 7.43. The molecule has 2 unspecified atom stereocenters. The summed E-state index contributed by atoms with van der Waals surface area (Å²) < 4.78 is 6.31. The lowest BCUT2D eigenvalue weighted by atomic mass is 9.78. The predicted octanol–water partition coefficient (Wildman–Crippen LogP) is 3.57. The van der Waals surface area contributed by atoms with Gasteiger partial charge in [-0.25, -0.2) is 0 Å². The van der Waals surface area contributed by atoms with Gasteiger partial charge in [-0.05, 0) is 57.6 Å². The van der Waals surface area contributed by atoms with Crippen LogP contribution in [0.2, 0.25) is 0 Å². The molecule has 2 heterocycles. The van der Waals surface area contributed by atoms with Crippen LogP contribution in [0.1, 0.15) is 46.0 Å². The first-order valence-corrected chi connectivity index (χ1v) is 10.4. The van der Waals surface area contributed by atoms with Gasteiger partial charge in [0.05, 0.1) is 6.04 Å². The Morgan fingerprint density at radius 2 is 1.77 bits per heavy atom. The van der Waals surface area contributed by atoms with Crippen molar-refractivity contribution >= 4 is 5.91 Å². The van der Waals surface area contributed by atoms with E-state index in [-0.39, 0.29) is 6.10 Å². The molecule has 2 atom stereocenters. The summed E-state index contributed by atoms with van der Waals surface area (Å²) in [6.07, 6.45) is 5.95. The number of carbonyl (C=O) groups excluding carboxylic acids is 1. The molecule has 0 radical (unpaired) electrons. The molecule has 1 amide bonds. The molecular formula is C22H32N2O2. The van der Waals surface area contributed by atoms with Crippen molar-refractivity contribution in [3.63, 3.8) is 0 Å². The molecule has 2 aliphatic heterocycles. The second kappa shape index (κ2) is 7.59. The molecule has 1 saturated carbocycles. The fraction of sp³-hybridized carbons (Fsp3) is 0.682. The zero-order chi connectivity index (χ0) is 18.1. The normalized spacial score (nSPS) is 27.9. The minimum Gasteiger partial charge on any atom is -0.487 e. The molecule has 2 saturated heterocycles. The maximum absolute atomic E-state index is 12.5. The van der Waals surface area contributed by atoms with Crippen molar-refractivity contribution < 1.29 is 9.53 Å². The molecule has 4 rings (SSSR count). The molecule has 4 nitrogen and oxygen atoms in total. The van der Waals surface area contributed by atoms with Crippen molar-refractivity contribution in [2.24, 2.45) is 11.8 Å². The van der Waals surface area contributed by atoms with E-state index in [2.05, 4.69) is 35.8 Å². The van der Waals surface area contributed by atoms with Crippen molar-refractivity contribution in [1.82, 2.24) is 9.80 Å². The number of hydrogen-bond acceptors (Lipinski definition) is 3. The SMILES string of the molecule is CC(C)N1CC(Oc2ccccc2)C1C1CCN(C(=O)C2CCC2)CC1. The van der Waals surface area contributed by atoms with Crippen LogP contribution in [-0.4, -0.2) is 53.5 Å². The van der Waals surface area contributed by atoms with Gasteiger partial charge in [-0.1, -0.05) is 24.6 Å². The monoisotopic (exact) mass is 356 g/mol. The second-order valence-electron chi connectivity index (χ2n) is 8.54. The van der Waals surface area contributed by atoms with Crippen LogP contribution in [-0.2, 0) is 4.79 Å². The summed E-state index contributed by atoms with van der Waals surface area (Å²) in [4.78, 5) is 17.2. The molecule has 0 spiro atoms. The summed E-state index contributed by atoms with van der Waals surface area (Å²) in [7, 11) is 0. The van der Waals surface area contributed by atoms with Gasteiger partial charge >= 0.3 is 0 Å². The van der Waals surface area contributed by atoms with Gasteiger partial charge in [0.25, 0.3) is 0 Å². The van der Waals surface area contributed by atoms with Crippen LogP contribution in [0.4, 0.5) is 0 Å². The lowest BCUT2D eigenvalue weighted by Crippen LogP contribution is -2.68. The van der Waals surface area contributed by atoms with E-state index >= 15 is 0 Å². The third-order valence-corrected chi connectivity index (χ3v) is 6.64. The molecule has 142 valence electrons. The van der Waals surface area contributed by atoms with E-state index in [1.807, 2.05) is 18.2 Å². The van der Waals surface area contributed by atoms with E-state index in [1.165, 1.54) is 6.42 Å². The minimum absolute atomic E-state index is 0.277. The first-order valence-electron chi connectivity index (χ1n) is 10.4. The van der Waals surface area contributed by atoms with Crippen LogP contribution in [0.5, 0.6) is 5.75 Å². The topological polar surface area (TPSA) is 32.8 Å². The predicted molar refractivity (Wildman–Crippen MR) is 103 cm³/mol. The Labute approximate surface area is 157 Å². The van der Waals surface area contributed by atoms with Gasteiger partial charge in [-0.2, -0.15) is 0 Å². The van der Waals surface area contributed by atoms with Crippen molar-refractivity contribution in [2.45, 2.75) is 64.1 Å². The highest BCUT2D eigenvalue weighted by atomic mass is 16.5. The number of likely N-dealkylation sites (tertiary alicyclic amines) is 2. The molecular weight excluding hydrogens is 324 g/mol. The lowest BCUT2D eigenvalue weighted by molar-refractivity contribution is -0.142. The van der Waals surface area contributed by atoms with Gasteiger partial charge in [0.2, 0.25) is 5.91 Å². The zero-order valence-corrected chi connectivity index (χ0v) is 16.1. The Morgan fingerprint density at radius 3 is 2.35 bits per heavy atom. The number of benzene rings is 1. The molecule has 3 aliphatic rings. The maximum Gasteiger partial charge on any atom is 0.225 e. The molecule has 1 aromatic carbocycles. The van der Waals surface area contributed by atoms with Crippen molar-refractivity contribution in [3.05, 3.63) is 30.3 Å². The largest absolute Gasteiger partial charge is 0.487 e. The average Bonchev–Trinajstić information content (AvgIpc) is 2.58. The highest BCUT2D eigenvalue weighted by molar-refractivity contribution is 5.79. The molecule has 0 aromatic heterocycles. The quantitative estimate of drug-likeness (QED) is 0.809. The van der Waals surface area contributed by atoms with Gasteiger partial charge in [0.1, 0.15) is 11.9 Å². The Balaban J connectivity index is 1.36. The molecule has 4 heteroatoms. The third-order valence-electron chi connectivity index (χ3n) is 6.64. The lowest BCUT2D eigenvalue weighted by Gasteiger charge is -2.54. The fourth-order valence-electron chi connectivity index (χ4n) is 4.80. The Hall–Kier alpha value is -1.55. The number of rotatable bonds is 5. The summed E-state index contributed by atoms with van der Waals surface area (Å²) >= 11 is 0. The van der Waals surface area contributed by atoms with Gasteiger partial charge in [-0.3, -0.25) is 9.69 Å². The number of para-hydroxylation sites is 1. The van der Waals surface area contributed by atoms with Crippen LogP contribution >= 0.6 is 0 Å². The first kappa shape index (κ1) is 17.8. The van der Waals surface area contributed by atoms with Crippen LogP contribution in [0, 0.1) is 11.8 Å². The van der Waals surface area contributed by atoms with E-state index in [9.17, 15) is 4.79 Å². The number of amides is 1. The number of nitrogens with zero attached hydrogens (tertiary/aromatic N) is 2. The summed E-state index contributed by atoms with van der Waals surface area (Å²) in [6, 6.07) is 11.2. The van der Waals surface area contributed by atoms with Gasteiger partial charge in [0.15, 0.2) is 0 Å². The van der Waals surface area contributed by atoms with Crippen LogP contribution in [0.3, 0.4) is 0 Å². The van der Waals surface area contributed by atoms with Crippen LogP contribution in [0.25, 0.3) is 0 Å². The smallest absolute Gasteiger partial charge is 0.225 e. The standard InChI is InChI=1S/C22H32N2O2/c1-16(2)24-15-20(26-19-9-4-3-5-10-19)21(24)17-11-13-23(14-12-17)22(25)18-7-6-8-18/h3-5,9-10,16-18,20-21H,6-8,11-15H2,1-2H3. The summed E-state index contributed by atoms with van der Waals surface area (Å²) in [5.41, 5.74) is 0. The number of carbonyl (C=O) groups is 1. The minimum atomic E-state index is 0.277. The highest BCUT2D eigenvalue weighted by Crippen LogP contribution is 2.37. The van der Waals surface area contributed by atoms with Crippen molar-refractivity contribution in [2.75, 3.05) is 19.6 Å². The zero-order valence-electron chi connectivity index (χ0n) is 16.1. The van der Waals surface area contributed by atoms with Crippen molar-refractivity contribution in [3.8, 4) is 5.75 Å². The van der Waals surface area contributed by atoms with Gasteiger partial charge in [-0.15, -0.1) is 0 Å². The van der Waals surface area contributed by atoms with Crippen LogP contribution < -0.4 is 4.74 Å². The van der Waals surface area contributed by atoms with E-state index in [1.54, 1.807) is 0 Å². The third kappa shape index (κ3) is 3.48. The number of piperidine rings is 1. The van der Waals surface area contributed by atoms with Gasteiger partial charge < -0.3 is 9.64 Å². The van der Waals surface area contributed by atoms with Crippen LogP contribution in [0.15, 0.2) is 30.3 Å². The number of ether oxygens (including phenoxy) is 1. The summed E-state index contributed by atoms with van der Waals surface area (Å²) in [5, 5.41) is 0. The van der Waals surface area contributed by atoms with Crippen molar-refractivity contribution in [1.29, 1.82) is 0 Å². The molecule has 0 N–H and O–H groups in total. The molecule has 1 aliphatic carbocycles. The molecule has 3 fully saturated rings. The van der Waals surface area contributed by atoms with E-state index in [0.29, 0.717) is 29.8 Å². The fourth-order valence-corrected chi connectivity index (χ4v) is 4.80. The first-order chi connectivity index (χ1) is 12.6. The van der Waals surface area contributed by atoms with E-state index in [4.69, 9.17) is 4.74 Å².